The highest BCUT2D eigenvalue weighted by Crippen LogP contribution is 2.28. The van der Waals surface area contributed by atoms with E-state index >= 15 is 0 Å². The number of carbonyl (C=O) groups is 2. The van der Waals surface area contributed by atoms with Gasteiger partial charge in [-0.05, 0) is 54.2 Å². The van der Waals surface area contributed by atoms with Crippen molar-refractivity contribution in [3.63, 3.8) is 0 Å². The Balaban J connectivity index is 1.89. The van der Waals surface area contributed by atoms with E-state index in [9.17, 15) is 9.59 Å². The van der Waals surface area contributed by atoms with E-state index in [-0.39, 0.29) is 5.11 Å². The Kier molecular flexibility index (Phi) is 8.64. The van der Waals surface area contributed by atoms with Crippen LogP contribution in [0.3, 0.4) is 0 Å². The first-order valence-corrected chi connectivity index (χ1v) is 9.36. The van der Waals surface area contributed by atoms with Gasteiger partial charge in [-0.15, -0.1) is 0 Å². The highest BCUT2D eigenvalue weighted by atomic mass is 32.1. The number of amides is 2. The van der Waals surface area contributed by atoms with Gasteiger partial charge < -0.3 is 18.9 Å². The van der Waals surface area contributed by atoms with E-state index < -0.39 is 11.8 Å². The van der Waals surface area contributed by atoms with Gasteiger partial charge in [0.2, 0.25) is 5.91 Å². The fourth-order valence-electron chi connectivity index (χ4n) is 2.48. The second-order valence-corrected chi connectivity index (χ2v) is 6.32. The van der Waals surface area contributed by atoms with Crippen LogP contribution in [-0.2, 0) is 4.79 Å². The summed E-state index contributed by atoms with van der Waals surface area (Å²) in [5, 5.41) is 2.35. The summed E-state index contributed by atoms with van der Waals surface area (Å²) in [4.78, 5) is 24.3. The summed E-state index contributed by atoms with van der Waals surface area (Å²) >= 11 is 5.02. The first-order chi connectivity index (χ1) is 14.9. The van der Waals surface area contributed by atoms with E-state index in [2.05, 4.69) is 16.2 Å². The number of hydrogen-bond donors (Lipinski definition) is 3. The van der Waals surface area contributed by atoms with Crippen molar-refractivity contribution in [3.8, 4) is 23.0 Å². The molecule has 0 unspecified atom stereocenters. The van der Waals surface area contributed by atoms with Crippen molar-refractivity contribution in [1.29, 1.82) is 0 Å². The molecule has 3 N–H and O–H groups in total. The monoisotopic (exact) mass is 445 g/mol. The van der Waals surface area contributed by atoms with Gasteiger partial charge in [-0.2, -0.15) is 0 Å². The maximum absolute atomic E-state index is 12.2. The number of hydrogen-bond acceptors (Lipinski definition) is 7. The Bertz CT molecular complexity index is 993. The molecule has 0 fully saturated rings. The third-order valence-corrected chi connectivity index (χ3v) is 4.21. The van der Waals surface area contributed by atoms with Crippen molar-refractivity contribution in [2.45, 2.75) is 0 Å². The Labute approximate surface area is 185 Å². The molecule has 9 nitrogen and oxygen atoms in total. The molecule has 0 saturated carbocycles. The number of carbonyl (C=O) groups excluding carboxylic acids is 2. The largest absolute Gasteiger partial charge is 0.493 e. The molecule has 2 aromatic carbocycles. The molecular weight excluding hydrogens is 422 g/mol. The average Bonchev–Trinajstić information content (AvgIpc) is 2.80. The van der Waals surface area contributed by atoms with Crippen LogP contribution in [0.15, 0.2) is 42.5 Å². The predicted octanol–water partition coefficient (Wildman–Crippen LogP) is 2.07. The van der Waals surface area contributed by atoms with Gasteiger partial charge in [0.05, 0.1) is 28.4 Å². The smallest absolute Gasteiger partial charge is 0.269 e. The van der Waals surface area contributed by atoms with Crippen molar-refractivity contribution >= 4 is 35.2 Å². The zero-order valence-electron chi connectivity index (χ0n) is 17.5. The van der Waals surface area contributed by atoms with Gasteiger partial charge >= 0.3 is 0 Å². The quantitative estimate of drug-likeness (QED) is 0.338. The first-order valence-electron chi connectivity index (χ1n) is 8.95. The van der Waals surface area contributed by atoms with Crippen molar-refractivity contribution < 1.29 is 28.5 Å². The van der Waals surface area contributed by atoms with Crippen molar-refractivity contribution in [2.24, 2.45) is 0 Å². The summed E-state index contributed by atoms with van der Waals surface area (Å²) < 4.78 is 20.7. The molecule has 0 spiro atoms. The number of rotatable bonds is 7. The number of methoxy groups -OCH3 is 4. The maximum Gasteiger partial charge on any atom is 0.269 e. The lowest BCUT2D eigenvalue weighted by Crippen LogP contribution is -2.48. The Morgan fingerprint density at radius 2 is 1.39 bits per heavy atom. The van der Waals surface area contributed by atoms with Crippen LogP contribution < -0.4 is 35.1 Å². The standard InChI is InChI=1S/C21H23N3O6S/c1-27-15-8-5-13(11-17(15)29-3)6-10-19(25)22-21(31)24-23-20(26)14-7-9-16(28-2)18(12-14)30-4/h5-12H,1-4H3,(H,23,26)(H2,22,24,25,31)/b10-6+. The molecule has 0 atom stereocenters. The van der Waals surface area contributed by atoms with Gasteiger partial charge in [0.1, 0.15) is 0 Å². The van der Waals surface area contributed by atoms with Crippen LogP contribution in [0.4, 0.5) is 0 Å². The summed E-state index contributed by atoms with van der Waals surface area (Å²) in [6, 6.07) is 9.90. The van der Waals surface area contributed by atoms with Gasteiger partial charge in [0, 0.05) is 11.6 Å². The third kappa shape index (κ3) is 6.61. The number of benzene rings is 2. The van der Waals surface area contributed by atoms with E-state index in [1.807, 2.05) is 0 Å². The van der Waals surface area contributed by atoms with E-state index in [4.69, 9.17) is 31.2 Å². The average molecular weight is 445 g/mol. The second-order valence-electron chi connectivity index (χ2n) is 5.92. The van der Waals surface area contributed by atoms with E-state index in [1.165, 1.54) is 33.5 Å². The summed E-state index contributed by atoms with van der Waals surface area (Å²) in [6.07, 6.45) is 2.88. The van der Waals surface area contributed by atoms with Crippen LogP contribution in [0.2, 0.25) is 0 Å². The fraction of sp³-hybridized carbons (Fsp3) is 0.190. The Morgan fingerprint density at radius 1 is 0.806 bits per heavy atom. The highest BCUT2D eigenvalue weighted by Gasteiger charge is 2.11. The predicted molar refractivity (Wildman–Crippen MR) is 119 cm³/mol. The lowest BCUT2D eigenvalue weighted by Gasteiger charge is -2.12. The van der Waals surface area contributed by atoms with Crippen molar-refractivity contribution in [3.05, 3.63) is 53.6 Å². The number of thiocarbonyl (C=S) groups is 1. The minimum Gasteiger partial charge on any atom is -0.493 e. The maximum atomic E-state index is 12.2. The molecule has 0 saturated heterocycles. The fourth-order valence-corrected chi connectivity index (χ4v) is 2.63. The van der Waals surface area contributed by atoms with Crippen LogP contribution in [0, 0.1) is 0 Å². The molecule has 2 aromatic rings. The molecule has 0 aliphatic heterocycles. The molecule has 0 bridgehead atoms. The lowest BCUT2D eigenvalue weighted by molar-refractivity contribution is -0.115. The lowest BCUT2D eigenvalue weighted by atomic mass is 10.2. The van der Waals surface area contributed by atoms with Gasteiger partial charge in [-0.1, -0.05) is 6.07 Å². The van der Waals surface area contributed by atoms with E-state index in [1.54, 1.807) is 43.5 Å². The topological polar surface area (TPSA) is 107 Å². The van der Waals surface area contributed by atoms with Crippen LogP contribution in [0.25, 0.3) is 6.08 Å². The summed E-state index contributed by atoms with van der Waals surface area (Å²) in [7, 11) is 6.04. The Hall–Kier alpha value is -3.79. The Morgan fingerprint density at radius 3 is 2.00 bits per heavy atom. The number of nitrogens with one attached hydrogen (secondary N) is 3. The molecule has 2 rings (SSSR count). The molecule has 2 amide bonds. The summed E-state index contributed by atoms with van der Waals surface area (Å²) in [5.41, 5.74) is 5.91. The first kappa shape index (κ1) is 23.5. The molecule has 164 valence electrons. The molecule has 31 heavy (non-hydrogen) atoms. The minimum atomic E-state index is -0.479. The van der Waals surface area contributed by atoms with Crippen LogP contribution in [-0.4, -0.2) is 45.4 Å². The summed E-state index contributed by atoms with van der Waals surface area (Å²) in [5.74, 6) is 1.08. The third-order valence-electron chi connectivity index (χ3n) is 4.01. The van der Waals surface area contributed by atoms with E-state index in [0.29, 0.717) is 28.6 Å². The van der Waals surface area contributed by atoms with Crippen LogP contribution in [0.1, 0.15) is 15.9 Å². The molecule has 0 aliphatic rings. The van der Waals surface area contributed by atoms with Gasteiger partial charge in [0.15, 0.2) is 28.1 Å². The van der Waals surface area contributed by atoms with E-state index in [0.717, 1.165) is 5.56 Å². The summed E-state index contributed by atoms with van der Waals surface area (Å²) in [6.45, 7) is 0. The molecule has 0 aliphatic carbocycles. The molecule has 0 radical (unpaired) electrons. The molecule has 0 aromatic heterocycles. The van der Waals surface area contributed by atoms with Crippen LogP contribution in [0.5, 0.6) is 23.0 Å². The number of hydrazine groups is 1. The normalized spacial score (nSPS) is 10.2. The van der Waals surface area contributed by atoms with Gasteiger partial charge in [-0.3, -0.25) is 25.8 Å². The molecular formula is C21H23N3O6S. The zero-order valence-corrected chi connectivity index (χ0v) is 18.3. The van der Waals surface area contributed by atoms with Gasteiger partial charge in [-0.25, -0.2) is 0 Å². The minimum absolute atomic E-state index is 0.0733. The van der Waals surface area contributed by atoms with Crippen molar-refractivity contribution in [2.75, 3.05) is 28.4 Å². The van der Waals surface area contributed by atoms with Gasteiger partial charge in [0.25, 0.3) is 5.91 Å². The van der Waals surface area contributed by atoms with Crippen LogP contribution >= 0.6 is 12.2 Å². The second kappa shape index (κ2) is 11.4. The molecule has 0 heterocycles. The molecule has 10 heteroatoms. The SMILES string of the molecule is COc1ccc(/C=C/C(=O)NC(=S)NNC(=O)c2ccc(OC)c(OC)c2)cc1OC. The van der Waals surface area contributed by atoms with Crippen molar-refractivity contribution in [1.82, 2.24) is 16.2 Å². The number of ether oxygens (including phenoxy) is 4. The zero-order chi connectivity index (χ0) is 22.8. The highest BCUT2D eigenvalue weighted by molar-refractivity contribution is 7.80.